The summed E-state index contributed by atoms with van der Waals surface area (Å²) in [6.07, 6.45) is 6.89. The second-order valence-corrected chi connectivity index (χ2v) is 4.19. The van der Waals surface area contributed by atoms with E-state index in [1.165, 1.54) is 20.5 Å². The smallest absolute Gasteiger partial charge is 0.262 e. The largest absolute Gasteiger partial charge is 0.489 e. The number of hydrogen-bond donors (Lipinski definition) is 1. The van der Waals surface area contributed by atoms with Crippen molar-refractivity contribution in [2.75, 3.05) is 19.5 Å². The second kappa shape index (κ2) is 6.18. The first-order valence-electron chi connectivity index (χ1n) is 6.09. The molecule has 0 amide bonds. The van der Waals surface area contributed by atoms with Crippen molar-refractivity contribution in [3.63, 3.8) is 0 Å². The Labute approximate surface area is 116 Å². The van der Waals surface area contributed by atoms with Crippen LogP contribution in [0.1, 0.15) is 13.3 Å². The molecule has 0 aromatic carbocycles. The predicted octanol–water partition coefficient (Wildman–Crippen LogP) is 2.99. The molecule has 0 radical (unpaired) electrons. The van der Waals surface area contributed by atoms with Gasteiger partial charge in [-0.2, -0.15) is 4.98 Å². The maximum atomic E-state index is 14.0. The molecule has 1 N–H and O–H groups in total. The molecule has 0 bridgehead atoms. The topological polar surface area (TPSA) is 56.3 Å². The van der Waals surface area contributed by atoms with Gasteiger partial charge in [-0.1, -0.05) is 17.7 Å². The molecular weight excluding hydrogens is 261 g/mol. The third-order valence-corrected chi connectivity index (χ3v) is 2.83. The van der Waals surface area contributed by atoms with Crippen LogP contribution in [0.25, 0.3) is 0 Å². The zero-order valence-corrected chi connectivity index (χ0v) is 11.6. The van der Waals surface area contributed by atoms with E-state index in [-0.39, 0.29) is 18.1 Å². The van der Waals surface area contributed by atoms with Crippen LogP contribution in [0.2, 0.25) is 0 Å². The van der Waals surface area contributed by atoms with Crippen molar-refractivity contribution in [3.8, 4) is 11.6 Å². The van der Waals surface area contributed by atoms with Gasteiger partial charge in [-0.25, -0.2) is 9.37 Å². The third kappa shape index (κ3) is 2.96. The quantitative estimate of drug-likeness (QED) is 0.916. The first-order chi connectivity index (χ1) is 9.65. The van der Waals surface area contributed by atoms with Crippen LogP contribution in [-0.4, -0.2) is 24.2 Å². The van der Waals surface area contributed by atoms with Crippen molar-refractivity contribution in [1.29, 1.82) is 0 Å². The number of nitrogens with one attached hydrogen (secondary N) is 1. The fraction of sp³-hybridized carbons (Fsp3) is 0.286. The van der Waals surface area contributed by atoms with E-state index < -0.39 is 0 Å². The highest BCUT2D eigenvalue weighted by Crippen LogP contribution is 2.32. The first kappa shape index (κ1) is 14.0. The van der Waals surface area contributed by atoms with Gasteiger partial charge in [-0.3, -0.25) is 0 Å². The van der Waals surface area contributed by atoms with Crippen molar-refractivity contribution in [1.82, 2.24) is 9.97 Å². The van der Waals surface area contributed by atoms with Crippen LogP contribution in [0.15, 0.2) is 41.7 Å². The van der Waals surface area contributed by atoms with Gasteiger partial charge < -0.3 is 14.8 Å². The van der Waals surface area contributed by atoms with E-state index in [1.807, 2.05) is 19.1 Å². The molecule has 0 unspecified atom stereocenters. The van der Waals surface area contributed by atoms with Crippen molar-refractivity contribution in [2.24, 2.45) is 0 Å². The Kier molecular flexibility index (Phi) is 4.34. The van der Waals surface area contributed by atoms with Gasteiger partial charge in [0.1, 0.15) is 12.2 Å². The average Bonchev–Trinajstić information content (AvgIpc) is 2.62. The van der Waals surface area contributed by atoms with Gasteiger partial charge in [0.05, 0.1) is 19.9 Å². The minimum atomic E-state index is -0.266. The molecule has 6 heteroatoms. The Balaban J connectivity index is 2.33. The van der Waals surface area contributed by atoms with Crippen molar-refractivity contribution < 1.29 is 13.9 Å². The fourth-order valence-electron chi connectivity index (χ4n) is 1.75. The number of ether oxygens (including phenoxy) is 2. The van der Waals surface area contributed by atoms with Gasteiger partial charge in [0.2, 0.25) is 5.75 Å². The number of hydrogen-bond acceptors (Lipinski definition) is 5. The summed E-state index contributed by atoms with van der Waals surface area (Å²) in [5.41, 5.74) is 1.35. The van der Waals surface area contributed by atoms with Crippen molar-refractivity contribution >= 4 is 5.82 Å². The molecule has 0 spiro atoms. The van der Waals surface area contributed by atoms with E-state index in [9.17, 15) is 4.39 Å². The number of methoxy groups -OCH3 is 2. The number of nitrogens with zero attached hydrogens (tertiary/aromatic N) is 2. The molecule has 0 aliphatic heterocycles. The second-order valence-electron chi connectivity index (χ2n) is 4.19. The zero-order chi connectivity index (χ0) is 14.5. The van der Waals surface area contributed by atoms with Crippen LogP contribution < -0.4 is 14.8 Å². The molecule has 0 fully saturated rings. The summed E-state index contributed by atoms with van der Waals surface area (Å²) in [6, 6.07) is 0. The van der Waals surface area contributed by atoms with Crippen LogP contribution in [0.4, 0.5) is 10.2 Å². The summed E-state index contributed by atoms with van der Waals surface area (Å²) in [4.78, 5) is 7.99. The fourth-order valence-corrected chi connectivity index (χ4v) is 1.75. The lowest BCUT2D eigenvalue weighted by Crippen LogP contribution is -2.05. The Morgan fingerprint density at radius 1 is 1.20 bits per heavy atom. The molecule has 1 aromatic rings. The van der Waals surface area contributed by atoms with E-state index in [2.05, 4.69) is 15.3 Å². The number of allylic oxidation sites excluding steroid dienone is 5. The molecule has 5 nitrogen and oxygen atoms in total. The van der Waals surface area contributed by atoms with Gasteiger partial charge in [-0.05, 0) is 13.0 Å². The monoisotopic (exact) mass is 277 g/mol. The number of rotatable bonds is 4. The van der Waals surface area contributed by atoms with Crippen LogP contribution in [0.5, 0.6) is 11.6 Å². The maximum absolute atomic E-state index is 14.0. The summed E-state index contributed by atoms with van der Waals surface area (Å²) in [5, 5.41) is 2.91. The van der Waals surface area contributed by atoms with E-state index in [0.717, 1.165) is 5.57 Å². The molecule has 106 valence electrons. The van der Waals surface area contributed by atoms with E-state index in [1.54, 1.807) is 6.08 Å². The highest BCUT2D eigenvalue weighted by atomic mass is 19.1. The standard InChI is InChI=1S/C14H16FN3O2/c1-9-4-6-10(15)11(7-5-9)18-13-12(19-2)14(20-3)17-8-16-13/h4-5,7-8H,6H2,1-3H3,(H,16,17,18). The normalized spacial score (nSPS) is 14.7. The lowest BCUT2D eigenvalue weighted by molar-refractivity contribution is 0.342. The summed E-state index contributed by atoms with van der Waals surface area (Å²) in [7, 11) is 2.96. The van der Waals surface area contributed by atoms with Crippen LogP contribution in [-0.2, 0) is 0 Å². The molecule has 0 saturated carbocycles. The molecule has 20 heavy (non-hydrogen) atoms. The van der Waals surface area contributed by atoms with Crippen molar-refractivity contribution in [2.45, 2.75) is 13.3 Å². The lowest BCUT2D eigenvalue weighted by Gasteiger charge is -2.12. The number of halogens is 1. The Bertz CT molecular complexity index is 594. The van der Waals surface area contributed by atoms with Crippen LogP contribution in [0.3, 0.4) is 0 Å². The molecule has 1 aliphatic carbocycles. The molecule has 1 heterocycles. The predicted molar refractivity (Wildman–Crippen MR) is 74.4 cm³/mol. The van der Waals surface area contributed by atoms with Gasteiger partial charge >= 0.3 is 0 Å². The van der Waals surface area contributed by atoms with E-state index in [0.29, 0.717) is 17.3 Å². The summed E-state index contributed by atoms with van der Waals surface area (Å²) in [5.74, 6) is 0.710. The summed E-state index contributed by atoms with van der Waals surface area (Å²) < 4.78 is 24.3. The Hall–Kier alpha value is -2.37. The average molecular weight is 277 g/mol. The minimum Gasteiger partial charge on any atom is -0.489 e. The highest BCUT2D eigenvalue weighted by Gasteiger charge is 2.15. The lowest BCUT2D eigenvalue weighted by atomic mass is 10.2. The molecule has 1 aliphatic rings. The number of anilines is 1. The van der Waals surface area contributed by atoms with E-state index in [4.69, 9.17) is 9.47 Å². The maximum Gasteiger partial charge on any atom is 0.262 e. The van der Waals surface area contributed by atoms with Crippen LogP contribution in [0, 0.1) is 0 Å². The van der Waals surface area contributed by atoms with Gasteiger partial charge in [-0.15, -0.1) is 0 Å². The third-order valence-electron chi connectivity index (χ3n) is 2.83. The highest BCUT2D eigenvalue weighted by molar-refractivity contribution is 5.60. The molecule has 2 rings (SSSR count). The Morgan fingerprint density at radius 2 is 2.00 bits per heavy atom. The molecule has 1 aromatic heterocycles. The number of aromatic nitrogens is 2. The van der Waals surface area contributed by atoms with Crippen LogP contribution >= 0.6 is 0 Å². The molecular formula is C14H16FN3O2. The summed E-state index contributed by atoms with van der Waals surface area (Å²) >= 11 is 0. The summed E-state index contributed by atoms with van der Waals surface area (Å²) in [6.45, 7) is 1.92. The van der Waals surface area contributed by atoms with Gasteiger partial charge in [0.25, 0.3) is 5.88 Å². The van der Waals surface area contributed by atoms with E-state index >= 15 is 0 Å². The van der Waals surface area contributed by atoms with Gasteiger partial charge in [0, 0.05) is 6.42 Å². The SMILES string of the molecule is COc1ncnc(NC2=C(F)CC=C(C)C=C2)c1OC. The Morgan fingerprint density at radius 3 is 2.70 bits per heavy atom. The first-order valence-corrected chi connectivity index (χ1v) is 6.09. The van der Waals surface area contributed by atoms with Crippen molar-refractivity contribution in [3.05, 3.63) is 41.7 Å². The zero-order valence-electron chi connectivity index (χ0n) is 11.6. The minimum absolute atomic E-state index is 0.242. The molecule has 0 saturated heterocycles. The molecule has 0 atom stereocenters. The van der Waals surface area contributed by atoms with Gasteiger partial charge in [0.15, 0.2) is 5.82 Å².